The van der Waals surface area contributed by atoms with Gasteiger partial charge in [-0.1, -0.05) is 28.9 Å². The van der Waals surface area contributed by atoms with E-state index < -0.39 is 0 Å². The zero-order valence-corrected chi connectivity index (χ0v) is 11.1. The van der Waals surface area contributed by atoms with Crippen LogP contribution in [0.2, 0.25) is 0 Å². The Bertz CT molecular complexity index is 298. The van der Waals surface area contributed by atoms with Crippen LogP contribution in [-0.2, 0) is 6.54 Å². The molecule has 90 valence electrons. The lowest BCUT2D eigenvalue weighted by molar-refractivity contribution is 0.570. The van der Waals surface area contributed by atoms with Crippen LogP contribution in [0.1, 0.15) is 18.9 Å². The Morgan fingerprint density at radius 1 is 1.25 bits per heavy atom. The van der Waals surface area contributed by atoms with Gasteiger partial charge in [0.1, 0.15) is 5.82 Å². The molecular formula is C12H18BrFN2. The lowest BCUT2D eigenvalue weighted by Crippen LogP contribution is -2.22. The molecule has 0 aliphatic heterocycles. The van der Waals surface area contributed by atoms with E-state index in [1.807, 2.05) is 6.07 Å². The summed E-state index contributed by atoms with van der Waals surface area (Å²) < 4.78 is 14.2. The van der Waals surface area contributed by atoms with Gasteiger partial charge in [-0.2, -0.15) is 0 Å². The molecule has 0 fully saturated rings. The lowest BCUT2D eigenvalue weighted by Gasteiger charge is -2.08. The smallest absolute Gasteiger partial charge is 0.128 e. The predicted molar refractivity (Wildman–Crippen MR) is 69.0 cm³/mol. The minimum absolute atomic E-state index is 0.159. The maximum atomic E-state index is 13.4. The Morgan fingerprint density at radius 3 is 2.69 bits per heavy atom. The minimum atomic E-state index is -0.159. The second kappa shape index (κ2) is 7.76. The van der Waals surface area contributed by atoms with Crippen molar-refractivity contribution in [3.63, 3.8) is 0 Å². The molecule has 0 aliphatic rings. The predicted octanol–water partition coefficient (Wildman–Crippen LogP) is 2.68. The lowest BCUT2D eigenvalue weighted by atomic mass is 10.2. The number of nitrogens with one attached hydrogen (secondary N) is 2. The summed E-state index contributed by atoms with van der Waals surface area (Å²) in [5, 5.41) is 6.48. The molecule has 0 radical (unpaired) electrons. The maximum absolute atomic E-state index is 13.4. The van der Waals surface area contributed by atoms with Crippen molar-refractivity contribution in [2.24, 2.45) is 0 Å². The van der Waals surface area contributed by atoms with Crippen LogP contribution in [0.25, 0.3) is 0 Å². The summed E-state index contributed by atoms with van der Waals surface area (Å²) in [4.78, 5) is 0. The topological polar surface area (TPSA) is 24.1 Å². The highest BCUT2D eigenvalue weighted by Gasteiger charge is 2.04. The molecule has 4 heteroatoms. The SMILES string of the molecule is CCNCCCNCc1c(F)cccc1Br. The van der Waals surface area contributed by atoms with Gasteiger partial charge in [0.15, 0.2) is 0 Å². The highest BCUT2D eigenvalue weighted by Crippen LogP contribution is 2.18. The molecule has 0 amide bonds. The van der Waals surface area contributed by atoms with Crippen molar-refractivity contribution in [3.8, 4) is 0 Å². The van der Waals surface area contributed by atoms with Crippen LogP contribution in [0.15, 0.2) is 22.7 Å². The van der Waals surface area contributed by atoms with Gasteiger partial charge in [-0.15, -0.1) is 0 Å². The normalized spacial score (nSPS) is 10.7. The third-order valence-electron chi connectivity index (χ3n) is 2.32. The number of rotatable bonds is 7. The minimum Gasteiger partial charge on any atom is -0.317 e. The highest BCUT2D eigenvalue weighted by atomic mass is 79.9. The molecule has 1 aromatic rings. The Kier molecular flexibility index (Phi) is 6.61. The van der Waals surface area contributed by atoms with Gasteiger partial charge in [0, 0.05) is 16.6 Å². The van der Waals surface area contributed by atoms with Gasteiger partial charge in [0.05, 0.1) is 0 Å². The highest BCUT2D eigenvalue weighted by molar-refractivity contribution is 9.10. The Hall–Kier alpha value is -0.450. The van der Waals surface area contributed by atoms with Crippen molar-refractivity contribution in [2.45, 2.75) is 19.9 Å². The second-order valence-corrected chi connectivity index (χ2v) is 4.44. The van der Waals surface area contributed by atoms with E-state index in [0.717, 1.165) is 30.5 Å². The van der Waals surface area contributed by atoms with Crippen molar-refractivity contribution in [1.82, 2.24) is 10.6 Å². The van der Waals surface area contributed by atoms with Crippen LogP contribution >= 0.6 is 15.9 Å². The van der Waals surface area contributed by atoms with Gasteiger partial charge >= 0.3 is 0 Å². The average molecular weight is 289 g/mol. The molecular weight excluding hydrogens is 271 g/mol. The van der Waals surface area contributed by atoms with Crippen LogP contribution in [-0.4, -0.2) is 19.6 Å². The summed E-state index contributed by atoms with van der Waals surface area (Å²) in [5.41, 5.74) is 0.700. The molecule has 0 saturated heterocycles. The van der Waals surface area contributed by atoms with Crippen LogP contribution in [0.3, 0.4) is 0 Å². The summed E-state index contributed by atoms with van der Waals surface area (Å²) in [5.74, 6) is -0.159. The molecule has 16 heavy (non-hydrogen) atoms. The first-order valence-corrected chi connectivity index (χ1v) is 6.39. The standard InChI is InChI=1S/C12H18BrFN2/c1-2-15-7-4-8-16-9-10-11(13)5-3-6-12(10)14/h3,5-6,15-16H,2,4,7-9H2,1H3. The zero-order chi connectivity index (χ0) is 11.8. The first kappa shape index (κ1) is 13.6. The molecule has 1 rings (SSSR count). The molecule has 0 spiro atoms. The average Bonchev–Trinajstić information content (AvgIpc) is 2.26. The Labute approximate surface area is 105 Å². The van der Waals surface area contributed by atoms with Crippen LogP contribution in [0.4, 0.5) is 4.39 Å². The molecule has 0 bridgehead atoms. The van der Waals surface area contributed by atoms with Gasteiger partial charge in [0.25, 0.3) is 0 Å². The van der Waals surface area contributed by atoms with E-state index in [9.17, 15) is 4.39 Å². The number of benzene rings is 1. The van der Waals surface area contributed by atoms with E-state index in [1.54, 1.807) is 6.07 Å². The summed E-state index contributed by atoms with van der Waals surface area (Å²) in [6, 6.07) is 5.05. The van der Waals surface area contributed by atoms with Crippen LogP contribution in [0, 0.1) is 5.82 Å². The number of hydrogen-bond acceptors (Lipinski definition) is 2. The molecule has 0 heterocycles. The fraction of sp³-hybridized carbons (Fsp3) is 0.500. The van der Waals surface area contributed by atoms with Crippen molar-refractivity contribution in [2.75, 3.05) is 19.6 Å². The van der Waals surface area contributed by atoms with E-state index in [1.165, 1.54) is 6.07 Å². The Morgan fingerprint density at radius 2 is 2.00 bits per heavy atom. The summed E-state index contributed by atoms with van der Waals surface area (Å²) in [6.45, 7) is 5.55. The summed E-state index contributed by atoms with van der Waals surface area (Å²) in [6.07, 6.45) is 1.06. The molecule has 2 N–H and O–H groups in total. The van der Waals surface area contributed by atoms with Gasteiger partial charge in [0.2, 0.25) is 0 Å². The summed E-state index contributed by atoms with van der Waals surface area (Å²) in [7, 11) is 0. The monoisotopic (exact) mass is 288 g/mol. The van der Waals surface area contributed by atoms with E-state index in [4.69, 9.17) is 0 Å². The zero-order valence-electron chi connectivity index (χ0n) is 9.52. The maximum Gasteiger partial charge on any atom is 0.128 e. The molecule has 0 atom stereocenters. The van der Waals surface area contributed by atoms with Crippen LogP contribution in [0.5, 0.6) is 0 Å². The van der Waals surface area contributed by atoms with Crippen molar-refractivity contribution in [3.05, 3.63) is 34.1 Å². The number of halogens is 2. The third kappa shape index (κ3) is 4.60. The molecule has 0 aliphatic carbocycles. The first-order valence-electron chi connectivity index (χ1n) is 5.60. The largest absolute Gasteiger partial charge is 0.317 e. The van der Waals surface area contributed by atoms with Gasteiger partial charge in [-0.05, 0) is 38.2 Å². The fourth-order valence-corrected chi connectivity index (χ4v) is 1.91. The van der Waals surface area contributed by atoms with E-state index in [-0.39, 0.29) is 5.82 Å². The van der Waals surface area contributed by atoms with Crippen molar-refractivity contribution < 1.29 is 4.39 Å². The molecule has 0 saturated carbocycles. The first-order chi connectivity index (χ1) is 7.75. The second-order valence-electron chi connectivity index (χ2n) is 3.58. The quantitative estimate of drug-likeness (QED) is 0.754. The number of hydrogen-bond donors (Lipinski definition) is 2. The molecule has 2 nitrogen and oxygen atoms in total. The van der Waals surface area contributed by atoms with E-state index in [0.29, 0.717) is 12.1 Å². The Balaban J connectivity index is 2.26. The summed E-state index contributed by atoms with van der Waals surface area (Å²) >= 11 is 3.35. The molecule has 0 aromatic heterocycles. The van der Waals surface area contributed by atoms with Crippen molar-refractivity contribution >= 4 is 15.9 Å². The van der Waals surface area contributed by atoms with Gasteiger partial charge in [-0.25, -0.2) is 4.39 Å². The van der Waals surface area contributed by atoms with Gasteiger partial charge < -0.3 is 10.6 Å². The van der Waals surface area contributed by atoms with Gasteiger partial charge in [-0.3, -0.25) is 0 Å². The van der Waals surface area contributed by atoms with Crippen molar-refractivity contribution in [1.29, 1.82) is 0 Å². The van der Waals surface area contributed by atoms with E-state index in [2.05, 4.69) is 33.5 Å². The molecule has 1 aromatic carbocycles. The molecule has 0 unspecified atom stereocenters. The van der Waals surface area contributed by atoms with Crippen LogP contribution < -0.4 is 10.6 Å². The third-order valence-corrected chi connectivity index (χ3v) is 3.06. The fourth-order valence-electron chi connectivity index (χ4n) is 1.43. The van der Waals surface area contributed by atoms with E-state index >= 15 is 0 Å².